The van der Waals surface area contributed by atoms with E-state index in [1.165, 1.54) is 18.2 Å². The number of nitro groups is 1. The van der Waals surface area contributed by atoms with Gasteiger partial charge in [0.05, 0.1) is 23.4 Å². The molecule has 180 valence electrons. The molecule has 0 spiro atoms. The number of sulfonamides is 1. The summed E-state index contributed by atoms with van der Waals surface area (Å²) >= 11 is 0. The average Bonchev–Trinajstić information content (AvgIpc) is 2.73. The van der Waals surface area contributed by atoms with Gasteiger partial charge in [0.1, 0.15) is 18.4 Å². The summed E-state index contributed by atoms with van der Waals surface area (Å²) in [5.41, 5.74) is 0.726. The first kappa shape index (κ1) is 26.1. The molecule has 1 amide bonds. The van der Waals surface area contributed by atoms with Crippen LogP contribution in [0.2, 0.25) is 0 Å². The van der Waals surface area contributed by atoms with Crippen LogP contribution in [-0.4, -0.2) is 44.7 Å². The van der Waals surface area contributed by atoms with Gasteiger partial charge in [0.25, 0.3) is 5.69 Å². The summed E-state index contributed by atoms with van der Waals surface area (Å²) in [6, 6.07) is 11.8. The van der Waals surface area contributed by atoms with Crippen LogP contribution in [0.4, 0.5) is 11.4 Å². The van der Waals surface area contributed by atoms with E-state index >= 15 is 0 Å². The van der Waals surface area contributed by atoms with Gasteiger partial charge in [0.2, 0.25) is 15.9 Å². The number of hydrogen-bond acceptors (Lipinski definition) is 6. The summed E-state index contributed by atoms with van der Waals surface area (Å²) in [5.74, 6) is 0.211. The highest BCUT2D eigenvalue weighted by Gasteiger charge is 2.32. The number of anilines is 1. The second-order valence-corrected chi connectivity index (χ2v) is 10.5. The van der Waals surface area contributed by atoms with Crippen LogP contribution in [-0.2, 0) is 20.2 Å². The van der Waals surface area contributed by atoms with Gasteiger partial charge in [-0.1, -0.05) is 52.0 Å². The number of carbonyl (C=O) groups excluding carboxylic acids is 1. The van der Waals surface area contributed by atoms with Gasteiger partial charge in [-0.15, -0.1) is 0 Å². The quantitative estimate of drug-likeness (QED) is 0.317. The maximum absolute atomic E-state index is 12.9. The van der Waals surface area contributed by atoms with E-state index in [-0.39, 0.29) is 36.4 Å². The van der Waals surface area contributed by atoms with Crippen LogP contribution in [0.5, 0.6) is 5.75 Å². The zero-order chi connectivity index (χ0) is 24.8. The minimum absolute atomic E-state index is 0.0593. The fourth-order valence-corrected chi connectivity index (χ4v) is 4.67. The molecule has 0 aliphatic rings. The molecule has 10 heteroatoms. The molecule has 0 aliphatic heterocycles. The highest BCUT2D eigenvalue weighted by Crippen LogP contribution is 2.31. The summed E-state index contributed by atoms with van der Waals surface area (Å²) < 4.78 is 31.8. The molecule has 2 aromatic carbocycles. The number of nitro benzene ring substituents is 1. The molecule has 0 heterocycles. The number of rotatable bonds is 10. The maximum Gasteiger partial charge on any atom is 0.271 e. The predicted molar refractivity (Wildman–Crippen MR) is 128 cm³/mol. The van der Waals surface area contributed by atoms with E-state index in [2.05, 4.69) is 26.1 Å². The fourth-order valence-electron chi connectivity index (χ4n) is 3.47. The SMILES string of the molecule is CC[C@@H](C(=O)NCCOc1ccccc1C(C)(C)C)N(c1cccc([N+](=O)[O-])c1)S(C)(=O)=O. The summed E-state index contributed by atoms with van der Waals surface area (Å²) in [4.78, 5) is 23.4. The number of amides is 1. The summed E-state index contributed by atoms with van der Waals surface area (Å²) in [5, 5.41) is 13.8. The number of hydrogen-bond donors (Lipinski definition) is 1. The predicted octanol–water partition coefficient (Wildman–Crippen LogP) is 3.63. The Hall–Kier alpha value is -3.14. The van der Waals surface area contributed by atoms with Crippen molar-refractivity contribution in [3.8, 4) is 5.75 Å². The summed E-state index contributed by atoms with van der Waals surface area (Å²) in [6.07, 6.45) is 1.14. The Morgan fingerprint density at radius 1 is 1.18 bits per heavy atom. The van der Waals surface area contributed by atoms with Crippen LogP contribution >= 0.6 is 0 Å². The first-order chi connectivity index (χ1) is 15.4. The monoisotopic (exact) mass is 477 g/mol. The molecule has 0 saturated heterocycles. The third-order valence-corrected chi connectivity index (χ3v) is 6.16. The zero-order valence-electron chi connectivity index (χ0n) is 19.6. The van der Waals surface area contributed by atoms with Crippen molar-refractivity contribution in [2.24, 2.45) is 0 Å². The molecule has 0 unspecified atom stereocenters. The van der Waals surface area contributed by atoms with Crippen molar-refractivity contribution in [3.63, 3.8) is 0 Å². The zero-order valence-corrected chi connectivity index (χ0v) is 20.4. The Bertz CT molecular complexity index is 1100. The van der Waals surface area contributed by atoms with Gasteiger partial charge < -0.3 is 10.1 Å². The number of nitrogens with one attached hydrogen (secondary N) is 1. The first-order valence-corrected chi connectivity index (χ1v) is 12.4. The number of carbonyl (C=O) groups is 1. The van der Waals surface area contributed by atoms with E-state index < -0.39 is 26.9 Å². The van der Waals surface area contributed by atoms with Gasteiger partial charge in [-0.05, 0) is 29.5 Å². The minimum Gasteiger partial charge on any atom is -0.491 e. The van der Waals surface area contributed by atoms with E-state index in [1.807, 2.05) is 24.3 Å². The Kier molecular flexibility index (Phi) is 8.43. The van der Waals surface area contributed by atoms with Crippen molar-refractivity contribution >= 4 is 27.3 Å². The van der Waals surface area contributed by atoms with E-state index in [1.54, 1.807) is 6.92 Å². The lowest BCUT2D eigenvalue weighted by molar-refractivity contribution is -0.384. The topological polar surface area (TPSA) is 119 Å². The lowest BCUT2D eigenvalue weighted by Crippen LogP contribution is -2.50. The van der Waals surface area contributed by atoms with Crippen molar-refractivity contribution in [3.05, 3.63) is 64.2 Å². The van der Waals surface area contributed by atoms with E-state index in [4.69, 9.17) is 4.74 Å². The molecular weight excluding hydrogens is 446 g/mol. The van der Waals surface area contributed by atoms with Gasteiger partial charge in [-0.2, -0.15) is 0 Å². The molecule has 0 aromatic heterocycles. The number of ether oxygens (including phenoxy) is 1. The number of benzene rings is 2. The normalized spacial score (nSPS) is 12.6. The van der Waals surface area contributed by atoms with E-state index in [9.17, 15) is 23.3 Å². The average molecular weight is 478 g/mol. The van der Waals surface area contributed by atoms with Crippen molar-refractivity contribution < 1.29 is 22.9 Å². The van der Waals surface area contributed by atoms with E-state index in [0.29, 0.717) is 0 Å². The van der Waals surface area contributed by atoms with Gasteiger partial charge in [-0.25, -0.2) is 8.42 Å². The number of para-hydroxylation sites is 1. The largest absolute Gasteiger partial charge is 0.491 e. The highest BCUT2D eigenvalue weighted by atomic mass is 32.2. The minimum atomic E-state index is -3.89. The molecule has 9 nitrogen and oxygen atoms in total. The number of nitrogens with zero attached hydrogens (tertiary/aromatic N) is 2. The molecular formula is C23H31N3O6S. The van der Waals surface area contributed by atoms with Crippen LogP contribution in [0, 0.1) is 10.1 Å². The Morgan fingerprint density at radius 2 is 1.85 bits per heavy atom. The van der Waals surface area contributed by atoms with Crippen LogP contribution in [0.25, 0.3) is 0 Å². The third-order valence-electron chi connectivity index (χ3n) is 4.98. The summed E-state index contributed by atoms with van der Waals surface area (Å²) in [6.45, 7) is 8.28. The van der Waals surface area contributed by atoms with E-state index in [0.717, 1.165) is 27.9 Å². The second kappa shape index (κ2) is 10.7. The van der Waals surface area contributed by atoms with Crippen LogP contribution in [0.3, 0.4) is 0 Å². The third kappa shape index (κ3) is 6.92. The number of non-ortho nitro benzene ring substituents is 1. The van der Waals surface area contributed by atoms with Crippen molar-refractivity contribution in [1.82, 2.24) is 5.32 Å². The Balaban J connectivity index is 2.13. The molecule has 33 heavy (non-hydrogen) atoms. The first-order valence-electron chi connectivity index (χ1n) is 10.6. The van der Waals surface area contributed by atoms with Crippen molar-refractivity contribution in [1.29, 1.82) is 0 Å². The smallest absolute Gasteiger partial charge is 0.271 e. The maximum atomic E-state index is 12.9. The Labute approximate surface area is 195 Å². The molecule has 1 N–H and O–H groups in total. The standard InChI is InChI=1S/C23H31N3O6S/c1-6-20(25(33(5,30)31)17-10-9-11-18(16-17)26(28)29)22(27)24-14-15-32-21-13-8-7-12-19(21)23(2,3)4/h7-13,16,20H,6,14-15H2,1-5H3,(H,24,27)/t20-/m0/s1. The second-order valence-electron chi connectivity index (χ2n) is 8.65. The molecule has 0 saturated carbocycles. The molecule has 1 atom stereocenters. The van der Waals surface area contributed by atoms with Crippen LogP contribution in [0.1, 0.15) is 39.7 Å². The molecule has 0 bridgehead atoms. The summed E-state index contributed by atoms with van der Waals surface area (Å²) in [7, 11) is -3.89. The van der Waals surface area contributed by atoms with Crippen molar-refractivity contribution in [2.75, 3.05) is 23.7 Å². The van der Waals surface area contributed by atoms with Crippen LogP contribution < -0.4 is 14.4 Å². The molecule has 0 aliphatic carbocycles. The molecule has 2 aromatic rings. The van der Waals surface area contributed by atoms with Gasteiger partial charge in [0, 0.05) is 12.1 Å². The van der Waals surface area contributed by atoms with Crippen LogP contribution in [0.15, 0.2) is 48.5 Å². The van der Waals surface area contributed by atoms with Crippen molar-refractivity contribution in [2.45, 2.75) is 45.6 Å². The fraction of sp³-hybridized carbons (Fsp3) is 0.435. The van der Waals surface area contributed by atoms with Gasteiger partial charge in [-0.3, -0.25) is 19.2 Å². The highest BCUT2D eigenvalue weighted by molar-refractivity contribution is 7.92. The van der Waals surface area contributed by atoms with Gasteiger partial charge >= 0.3 is 0 Å². The molecule has 0 radical (unpaired) electrons. The lowest BCUT2D eigenvalue weighted by atomic mass is 9.86. The molecule has 0 fully saturated rings. The molecule has 2 rings (SSSR count). The Morgan fingerprint density at radius 3 is 2.42 bits per heavy atom. The van der Waals surface area contributed by atoms with Gasteiger partial charge in [0.15, 0.2) is 0 Å². The lowest BCUT2D eigenvalue weighted by Gasteiger charge is -2.30.